The number of halogens is 2. The quantitative estimate of drug-likeness (QED) is 0.259. The molecule has 0 radical (unpaired) electrons. The first-order valence-electron chi connectivity index (χ1n) is 9.29. The van der Waals surface area contributed by atoms with Gasteiger partial charge in [-0.1, -0.05) is 47.2 Å². The van der Waals surface area contributed by atoms with Gasteiger partial charge in [0.15, 0.2) is 11.7 Å². The van der Waals surface area contributed by atoms with Gasteiger partial charge in [-0.15, -0.1) is 0 Å². The number of fused-ring (bicyclic) bond motifs is 1. The van der Waals surface area contributed by atoms with E-state index in [4.69, 9.17) is 16.3 Å². The number of amides is 1. The molecule has 0 N–H and O–H groups in total. The van der Waals surface area contributed by atoms with Crippen molar-refractivity contribution in [2.75, 3.05) is 11.5 Å². The van der Waals surface area contributed by atoms with Crippen LogP contribution in [0.15, 0.2) is 66.7 Å². The van der Waals surface area contributed by atoms with Crippen molar-refractivity contribution in [3.63, 3.8) is 0 Å². The minimum absolute atomic E-state index is 0.0806. The van der Waals surface area contributed by atoms with Crippen LogP contribution in [0.2, 0.25) is 5.02 Å². The smallest absolute Gasteiger partial charge is 0.267 e. The summed E-state index contributed by atoms with van der Waals surface area (Å²) in [4.78, 5) is 19.6. The van der Waals surface area contributed by atoms with Crippen molar-refractivity contribution in [3.05, 3.63) is 86.4 Å². The van der Waals surface area contributed by atoms with Gasteiger partial charge in [-0.3, -0.25) is 9.69 Å². The van der Waals surface area contributed by atoms with Crippen LogP contribution in [0.3, 0.4) is 0 Å². The molecule has 1 heterocycles. The van der Waals surface area contributed by atoms with Crippen molar-refractivity contribution < 1.29 is 9.53 Å². The fourth-order valence-corrected chi connectivity index (χ4v) is 4.57. The Kier molecular flexibility index (Phi) is 6.55. The normalized spacial score (nSPS) is 10.9. The third kappa shape index (κ3) is 4.94. The maximum Gasteiger partial charge on any atom is 0.267 e. The second kappa shape index (κ2) is 9.32. The summed E-state index contributed by atoms with van der Waals surface area (Å²) in [7, 11) is 0. The van der Waals surface area contributed by atoms with Crippen molar-refractivity contribution in [2.45, 2.75) is 13.5 Å². The van der Waals surface area contributed by atoms with Crippen LogP contribution in [0.25, 0.3) is 10.2 Å². The number of hydrogen-bond acceptors (Lipinski definition) is 4. The van der Waals surface area contributed by atoms with Crippen molar-refractivity contribution in [1.29, 1.82) is 0 Å². The molecule has 4 aromatic rings. The summed E-state index contributed by atoms with van der Waals surface area (Å²) in [5.74, 6) is 0.494. The van der Waals surface area contributed by atoms with Crippen molar-refractivity contribution in [3.8, 4) is 5.75 Å². The zero-order valence-corrected chi connectivity index (χ0v) is 19.9. The summed E-state index contributed by atoms with van der Waals surface area (Å²) in [6.45, 7) is 2.25. The zero-order valence-electron chi connectivity index (χ0n) is 16.1. The van der Waals surface area contributed by atoms with Crippen molar-refractivity contribution in [1.82, 2.24) is 4.98 Å². The number of anilines is 1. The molecule has 0 aliphatic heterocycles. The molecule has 0 aliphatic carbocycles. The van der Waals surface area contributed by atoms with Gasteiger partial charge in [0.2, 0.25) is 0 Å². The van der Waals surface area contributed by atoms with Crippen LogP contribution in [0, 0.1) is 10.5 Å². The SMILES string of the molecule is Cc1cc(Cl)ccc1OCC(=O)N(Cc1ccc(I)cc1)c1nc2ccccc2s1. The van der Waals surface area contributed by atoms with Gasteiger partial charge in [0, 0.05) is 8.59 Å². The van der Waals surface area contributed by atoms with Crippen LogP contribution in [-0.2, 0) is 11.3 Å². The number of aromatic nitrogens is 1. The van der Waals surface area contributed by atoms with E-state index in [1.165, 1.54) is 11.3 Å². The van der Waals surface area contributed by atoms with Gasteiger partial charge < -0.3 is 4.74 Å². The van der Waals surface area contributed by atoms with Crippen LogP contribution >= 0.6 is 45.5 Å². The number of aryl methyl sites for hydroxylation is 1. The Bertz CT molecular complexity index is 1160. The first-order chi connectivity index (χ1) is 14.5. The van der Waals surface area contributed by atoms with Crippen molar-refractivity contribution in [2.24, 2.45) is 0 Å². The summed E-state index contributed by atoms with van der Waals surface area (Å²) < 4.78 is 8.01. The average molecular weight is 549 g/mol. The molecule has 0 saturated carbocycles. The maximum absolute atomic E-state index is 13.2. The summed E-state index contributed by atoms with van der Waals surface area (Å²) in [5.41, 5.74) is 2.80. The molecule has 4 rings (SSSR count). The Balaban J connectivity index is 1.59. The molecule has 152 valence electrons. The number of hydrogen-bond donors (Lipinski definition) is 0. The molecule has 30 heavy (non-hydrogen) atoms. The molecule has 0 spiro atoms. The van der Waals surface area contributed by atoms with Crippen LogP contribution in [0.4, 0.5) is 5.13 Å². The van der Waals surface area contributed by atoms with E-state index in [1.807, 2.05) is 61.5 Å². The number of para-hydroxylation sites is 1. The zero-order chi connectivity index (χ0) is 21.1. The minimum atomic E-state index is -0.151. The second-order valence-electron chi connectivity index (χ2n) is 6.77. The Labute approximate surface area is 197 Å². The van der Waals surface area contributed by atoms with Gasteiger partial charge >= 0.3 is 0 Å². The molecule has 0 saturated heterocycles. The van der Waals surface area contributed by atoms with Gasteiger partial charge in [0.25, 0.3) is 5.91 Å². The molecule has 3 aromatic carbocycles. The molecule has 7 heteroatoms. The van der Waals surface area contributed by atoms with Crippen LogP contribution < -0.4 is 9.64 Å². The monoisotopic (exact) mass is 548 g/mol. The number of carbonyl (C=O) groups excluding carboxylic acids is 1. The van der Waals surface area contributed by atoms with E-state index in [0.717, 1.165) is 24.9 Å². The predicted octanol–water partition coefficient (Wildman–Crippen LogP) is 6.47. The number of nitrogens with zero attached hydrogens (tertiary/aromatic N) is 2. The topological polar surface area (TPSA) is 42.4 Å². The number of carbonyl (C=O) groups is 1. The standard InChI is InChI=1S/C23H18ClIN2O2S/c1-15-12-17(24)8-11-20(15)29-14-22(28)27(13-16-6-9-18(25)10-7-16)23-26-19-4-2-3-5-21(19)30-23/h2-12H,13-14H2,1H3. The van der Waals surface area contributed by atoms with Gasteiger partial charge in [-0.05, 0) is 83.1 Å². The number of thiazole rings is 1. The average Bonchev–Trinajstić information content (AvgIpc) is 3.16. The predicted molar refractivity (Wildman–Crippen MR) is 132 cm³/mol. The Morgan fingerprint density at radius 3 is 2.63 bits per heavy atom. The highest BCUT2D eigenvalue weighted by molar-refractivity contribution is 14.1. The van der Waals surface area contributed by atoms with Crippen molar-refractivity contribution >= 4 is 66.8 Å². The highest BCUT2D eigenvalue weighted by atomic mass is 127. The van der Waals surface area contributed by atoms with E-state index in [9.17, 15) is 4.79 Å². The fraction of sp³-hybridized carbons (Fsp3) is 0.130. The van der Waals surface area contributed by atoms with E-state index < -0.39 is 0 Å². The second-order valence-corrected chi connectivity index (χ2v) is 9.46. The summed E-state index contributed by atoms with van der Waals surface area (Å²) >= 11 is 9.78. The molecule has 1 aromatic heterocycles. The Morgan fingerprint density at radius 2 is 1.90 bits per heavy atom. The van der Waals surface area contributed by atoms with E-state index in [2.05, 4.69) is 27.6 Å². The molecule has 4 nitrogen and oxygen atoms in total. The minimum Gasteiger partial charge on any atom is -0.483 e. The number of benzene rings is 3. The first-order valence-corrected chi connectivity index (χ1v) is 11.6. The number of rotatable bonds is 6. The fourth-order valence-electron chi connectivity index (χ4n) is 3.00. The Morgan fingerprint density at radius 1 is 1.13 bits per heavy atom. The lowest BCUT2D eigenvalue weighted by molar-refractivity contribution is -0.120. The van der Waals surface area contributed by atoms with E-state index in [-0.39, 0.29) is 12.5 Å². The lowest BCUT2D eigenvalue weighted by Gasteiger charge is -2.20. The summed E-state index contributed by atoms with van der Waals surface area (Å²) in [5, 5.41) is 1.30. The molecule has 1 amide bonds. The third-order valence-electron chi connectivity index (χ3n) is 4.56. The largest absolute Gasteiger partial charge is 0.483 e. The highest BCUT2D eigenvalue weighted by Gasteiger charge is 2.21. The van der Waals surface area contributed by atoms with Gasteiger partial charge in [-0.25, -0.2) is 4.98 Å². The summed E-state index contributed by atoms with van der Waals surface area (Å²) in [6.07, 6.45) is 0. The molecule has 0 bridgehead atoms. The highest BCUT2D eigenvalue weighted by Crippen LogP contribution is 2.30. The van der Waals surface area contributed by atoms with Gasteiger partial charge in [0.1, 0.15) is 5.75 Å². The van der Waals surface area contributed by atoms with E-state index in [1.54, 1.807) is 17.0 Å². The third-order valence-corrected chi connectivity index (χ3v) is 6.57. The number of ether oxygens (including phenoxy) is 1. The lowest BCUT2D eigenvalue weighted by Crippen LogP contribution is -2.34. The molecular weight excluding hydrogens is 531 g/mol. The van der Waals surface area contributed by atoms with Gasteiger partial charge in [0.05, 0.1) is 16.8 Å². The van der Waals surface area contributed by atoms with E-state index in [0.29, 0.717) is 22.4 Å². The molecular formula is C23H18ClIN2O2S. The van der Waals surface area contributed by atoms with Crippen LogP contribution in [-0.4, -0.2) is 17.5 Å². The van der Waals surface area contributed by atoms with Crippen LogP contribution in [0.5, 0.6) is 5.75 Å². The molecule has 0 fully saturated rings. The summed E-state index contributed by atoms with van der Waals surface area (Å²) in [6, 6.07) is 21.4. The molecule has 0 aliphatic rings. The molecule has 0 atom stereocenters. The van der Waals surface area contributed by atoms with Crippen LogP contribution in [0.1, 0.15) is 11.1 Å². The lowest BCUT2D eigenvalue weighted by atomic mass is 10.2. The van der Waals surface area contributed by atoms with E-state index >= 15 is 0 Å². The maximum atomic E-state index is 13.2. The Hall–Kier alpha value is -2.16. The first kappa shape index (κ1) is 21.1. The van der Waals surface area contributed by atoms with Gasteiger partial charge in [-0.2, -0.15) is 0 Å². The molecule has 0 unspecified atom stereocenters.